The van der Waals surface area contributed by atoms with E-state index in [2.05, 4.69) is 32.6 Å². The third-order valence-corrected chi connectivity index (χ3v) is 5.28. The molecule has 0 aliphatic heterocycles. The van der Waals surface area contributed by atoms with E-state index in [0.29, 0.717) is 11.7 Å². The van der Waals surface area contributed by atoms with Crippen LogP contribution in [0, 0.1) is 6.92 Å². The summed E-state index contributed by atoms with van der Waals surface area (Å²) in [5.74, 6) is 2.90. The van der Waals surface area contributed by atoms with Crippen LogP contribution in [0.1, 0.15) is 49.0 Å². The maximum Gasteiger partial charge on any atom is 0.192 e. The molecule has 0 fully saturated rings. The summed E-state index contributed by atoms with van der Waals surface area (Å²) >= 11 is 0. The molecule has 4 aromatic rings. The van der Waals surface area contributed by atoms with Crippen LogP contribution in [-0.2, 0) is 19.3 Å². The highest BCUT2D eigenvalue weighted by atomic mass is 16.3. The summed E-state index contributed by atoms with van der Waals surface area (Å²) in [6, 6.07) is 5.91. The molecule has 0 radical (unpaired) electrons. The molecule has 3 heterocycles. The second-order valence-corrected chi connectivity index (χ2v) is 7.44. The van der Waals surface area contributed by atoms with Crippen LogP contribution in [0.15, 0.2) is 22.6 Å². The van der Waals surface area contributed by atoms with Crippen LogP contribution in [0.2, 0.25) is 0 Å². The number of hydrogen-bond acceptors (Lipinski definition) is 7. The average Bonchev–Trinajstić information content (AvgIpc) is 3.32. The van der Waals surface area contributed by atoms with Crippen LogP contribution in [-0.4, -0.2) is 30.4 Å². The first-order chi connectivity index (χ1) is 14.2. The minimum Gasteiger partial charge on any atom is -0.441 e. The first-order valence-corrected chi connectivity index (χ1v) is 10.2. The fraction of sp³-hybridized carbons (Fsp3) is 0.381. The van der Waals surface area contributed by atoms with Crippen molar-refractivity contribution >= 4 is 22.7 Å². The lowest BCUT2D eigenvalue weighted by atomic mass is 9.96. The largest absolute Gasteiger partial charge is 0.441 e. The molecule has 0 saturated carbocycles. The number of anilines is 2. The van der Waals surface area contributed by atoms with Gasteiger partial charge in [-0.2, -0.15) is 10.3 Å². The van der Waals surface area contributed by atoms with Crippen molar-refractivity contribution in [2.24, 2.45) is 0 Å². The molecule has 0 atom stereocenters. The van der Waals surface area contributed by atoms with E-state index in [-0.39, 0.29) is 0 Å². The lowest BCUT2D eigenvalue weighted by Gasteiger charge is -2.19. The Morgan fingerprint density at radius 3 is 2.86 bits per heavy atom. The van der Waals surface area contributed by atoms with Crippen LogP contribution in [0.5, 0.6) is 0 Å². The van der Waals surface area contributed by atoms with Gasteiger partial charge in [0.2, 0.25) is 0 Å². The summed E-state index contributed by atoms with van der Waals surface area (Å²) in [7, 11) is 0. The number of oxazole rings is 1. The van der Waals surface area contributed by atoms with Crippen LogP contribution < -0.4 is 5.32 Å². The number of nitrogens with zero attached hydrogens (tertiary/aromatic N) is 5. The van der Waals surface area contributed by atoms with Gasteiger partial charge in [0.15, 0.2) is 23.1 Å². The van der Waals surface area contributed by atoms with Crippen LogP contribution in [0.25, 0.3) is 22.5 Å². The zero-order chi connectivity index (χ0) is 19.8. The number of H-pyrrole nitrogens is 1. The molecule has 0 bridgehead atoms. The Bertz CT molecular complexity index is 1180. The maximum atomic E-state index is 5.70. The lowest BCUT2D eigenvalue weighted by molar-refractivity contribution is 0.561. The van der Waals surface area contributed by atoms with Crippen molar-refractivity contribution in [1.82, 2.24) is 30.4 Å². The summed E-state index contributed by atoms with van der Waals surface area (Å²) in [5, 5.41) is 14.7. The fourth-order valence-corrected chi connectivity index (χ4v) is 3.88. The van der Waals surface area contributed by atoms with Gasteiger partial charge in [0.25, 0.3) is 0 Å². The number of aryl methyl sites for hydroxylation is 3. The monoisotopic (exact) mass is 389 g/mol. The van der Waals surface area contributed by atoms with Crippen molar-refractivity contribution in [2.75, 3.05) is 5.32 Å². The van der Waals surface area contributed by atoms with Crippen LogP contribution >= 0.6 is 0 Å². The molecule has 1 aliphatic carbocycles. The van der Waals surface area contributed by atoms with E-state index in [9.17, 15) is 0 Å². The Morgan fingerprint density at radius 2 is 1.97 bits per heavy atom. The minimum absolute atomic E-state index is 0.653. The van der Waals surface area contributed by atoms with Gasteiger partial charge >= 0.3 is 0 Å². The first kappa shape index (κ1) is 17.8. The molecule has 8 heteroatoms. The van der Waals surface area contributed by atoms with E-state index < -0.39 is 0 Å². The van der Waals surface area contributed by atoms with E-state index >= 15 is 0 Å². The summed E-state index contributed by atoms with van der Waals surface area (Å²) in [4.78, 5) is 14.1. The van der Waals surface area contributed by atoms with E-state index in [1.54, 1.807) is 0 Å². The molecule has 3 aromatic heterocycles. The molecule has 0 amide bonds. The lowest BCUT2D eigenvalue weighted by Crippen LogP contribution is -2.12. The van der Waals surface area contributed by atoms with Crippen LogP contribution in [0.4, 0.5) is 11.6 Å². The Balaban J connectivity index is 1.59. The summed E-state index contributed by atoms with van der Waals surface area (Å²) in [6.45, 7) is 3.98. The molecule has 1 aliphatic rings. The van der Waals surface area contributed by atoms with E-state index in [4.69, 9.17) is 14.4 Å². The highest BCUT2D eigenvalue weighted by molar-refractivity contribution is 5.79. The topological polar surface area (TPSA) is 105 Å². The molecule has 29 heavy (non-hydrogen) atoms. The van der Waals surface area contributed by atoms with Crippen molar-refractivity contribution in [2.45, 2.75) is 52.4 Å². The van der Waals surface area contributed by atoms with Gasteiger partial charge in [0.1, 0.15) is 17.0 Å². The quantitative estimate of drug-likeness (QED) is 0.524. The smallest absolute Gasteiger partial charge is 0.192 e. The predicted octanol–water partition coefficient (Wildman–Crippen LogP) is 4.29. The normalized spacial score (nSPS) is 13.6. The molecule has 2 N–H and O–H groups in total. The Hall–Kier alpha value is -3.29. The van der Waals surface area contributed by atoms with Gasteiger partial charge in [-0.3, -0.25) is 0 Å². The van der Waals surface area contributed by atoms with Gasteiger partial charge in [0.05, 0.1) is 0 Å². The number of aromatic amines is 1. The zero-order valence-electron chi connectivity index (χ0n) is 16.6. The second kappa shape index (κ2) is 7.27. The molecule has 148 valence electrons. The van der Waals surface area contributed by atoms with Gasteiger partial charge in [-0.1, -0.05) is 13.3 Å². The standard InChI is InChI=1S/C21H23N7O/c1-3-6-17-21(27-28-26-17)25-20-14-7-4-5-8-15(14)23-19(24-20)13-9-10-16-18(11-13)29-12(2)22-16/h9-11H,3-8H2,1-2H3,(H2,23,24,25,26,27,28). The Kier molecular flexibility index (Phi) is 4.46. The van der Waals surface area contributed by atoms with Gasteiger partial charge in [0, 0.05) is 23.7 Å². The number of nitrogens with one attached hydrogen (secondary N) is 2. The fourth-order valence-electron chi connectivity index (χ4n) is 3.88. The van der Waals surface area contributed by atoms with Gasteiger partial charge in [-0.25, -0.2) is 15.0 Å². The molecule has 1 aromatic carbocycles. The number of hydrogen-bond donors (Lipinski definition) is 2. The maximum absolute atomic E-state index is 5.70. The van der Waals surface area contributed by atoms with Crippen molar-refractivity contribution in [3.8, 4) is 11.4 Å². The molecule has 0 unspecified atom stereocenters. The zero-order valence-corrected chi connectivity index (χ0v) is 16.6. The molecule has 5 rings (SSSR count). The summed E-state index contributed by atoms with van der Waals surface area (Å²) in [5.41, 5.74) is 5.72. The molecule has 8 nitrogen and oxygen atoms in total. The van der Waals surface area contributed by atoms with Crippen LogP contribution in [0.3, 0.4) is 0 Å². The van der Waals surface area contributed by atoms with Gasteiger partial charge < -0.3 is 9.73 Å². The van der Waals surface area contributed by atoms with E-state index in [0.717, 1.165) is 78.2 Å². The Labute approximate surface area is 168 Å². The number of fused-ring (bicyclic) bond motifs is 2. The van der Waals surface area contributed by atoms with Crippen molar-refractivity contribution in [1.29, 1.82) is 0 Å². The molecular weight excluding hydrogens is 366 g/mol. The average molecular weight is 389 g/mol. The number of benzene rings is 1. The SMILES string of the molecule is CCCc1n[nH]nc1Nc1nc(-c2ccc3nc(C)oc3c2)nc2c1CCCC2. The molecular formula is C21H23N7O. The predicted molar refractivity (Wildman–Crippen MR) is 110 cm³/mol. The number of rotatable bonds is 5. The summed E-state index contributed by atoms with van der Waals surface area (Å²) < 4.78 is 5.70. The van der Waals surface area contributed by atoms with E-state index in [1.165, 1.54) is 5.56 Å². The van der Waals surface area contributed by atoms with E-state index in [1.807, 2.05) is 25.1 Å². The minimum atomic E-state index is 0.653. The van der Waals surface area contributed by atoms with Gasteiger partial charge in [-0.05, 0) is 50.3 Å². The summed E-state index contributed by atoms with van der Waals surface area (Å²) in [6.07, 6.45) is 6.09. The van der Waals surface area contributed by atoms with Crippen molar-refractivity contribution < 1.29 is 4.42 Å². The molecule has 0 saturated heterocycles. The van der Waals surface area contributed by atoms with Crippen molar-refractivity contribution in [3.63, 3.8) is 0 Å². The van der Waals surface area contributed by atoms with Crippen molar-refractivity contribution in [3.05, 3.63) is 41.0 Å². The highest BCUT2D eigenvalue weighted by Gasteiger charge is 2.20. The van der Waals surface area contributed by atoms with Gasteiger partial charge in [-0.15, -0.1) is 5.10 Å². The third-order valence-electron chi connectivity index (χ3n) is 5.28. The highest BCUT2D eigenvalue weighted by Crippen LogP contribution is 2.31. The first-order valence-electron chi connectivity index (χ1n) is 10.2. The Morgan fingerprint density at radius 1 is 1.07 bits per heavy atom. The number of aromatic nitrogens is 6. The third kappa shape index (κ3) is 3.35. The second-order valence-electron chi connectivity index (χ2n) is 7.44. The molecule has 0 spiro atoms.